The van der Waals surface area contributed by atoms with Gasteiger partial charge in [0.1, 0.15) is 0 Å². The van der Waals surface area contributed by atoms with Gasteiger partial charge in [0.25, 0.3) is 5.91 Å². The monoisotopic (exact) mass is 289 g/mol. The predicted octanol–water partition coefficient (Wildman–Crippen LogP) is 3.57. The molecule has 1 fully saturated rings. The minimum atomic E-state index is 0.127. The minimum absolute atomic E-state index is 0.127. The maximum atomic E-state index is 12.4. The van der Waals surface area contributed by atoms with Crippen LogP contribution in [0.2, 0.25) is 0 Å². The lowest BCUT2D eigenvalue weighted by molar-refractivity contribution is -0.906. The number of hydrogen-bond acceptors (Lipinski definition) is 1. The molecule has 1 aromatic rings. The van der Waals surface area contributed by atoms with E-state index < -0.39 is 0 Å². The number of carbonyl (C=O) groups is 1. The lowest BCUT2D eigenvalue weighted by Gasteiger charge is -2.35. The molecule has 0 atom stereocenters. The predicted molar refractivity (Wildman–Crippen MR) is 88.5 cm³/mol. The first-order chi connectivity index (χ1) is 9.79. The number of amides is 1. The first-order valence-corrected chi connectivity index (χ1v) is 8.00. The molecule has 0 saturated heterocycles. The summed E-state index contributed by atoms with van der Waals surface area (Å²) >= 11 is 0. The van der Waals surface area contributed by atoms with Crippen LogP contribution in [0.5, 0.6) is 0 Å². The fourth-order valence-corrected chi connectivity index (χ4v) is 3.66. The van der Waals surface area contributed by atoms with Crippen LogP contribution in [0.3, 0.4) is 0 Å². The van der Waals surface area contributed by atoms with Crippen LogP contribution in [0.4, 0.5) is 5.69 Å². The summed E-state index contributed by atoms with van der Waals surface area (Å²) < 4.78 is 0.801. The molecule has 0 unspecified atom stereocenters. The Morgan fingerprint density at radius 2 is 1.67 bits per heavy atom. The molecule has 0 aromatic heterocycles. The molecule has 2 rings (SSSR count). The Morgan fingerprint density at radius 1 is 1.14 bits per heavy atom. The van der Waals surface area contributed by atoms with Gasteiger partial charge in [-0.25, -0.2) is 0 Å². The molecule has 0 spiro atoms. The van der Waals surface area contributed by atoms with E-state index in [9.17, 15) is 4.79 Å². The fraction of sp³-hybridized carbons (Fsp3) is 0.611. The molecule has 1 aliphatic rings. The van der Waals surface area contributed by atoms with Gasteiger partial charge in [-0.15, -0.1) is 0 Å². The van der Waals surface area contributed by atoms with E-state index in [1.807, 2.05) is 0 Å². The van der Waals surface area contributed by atoms with Crippen molar-refractivity contribution in [3.05, 3.63) is 28.8 Å². The van der Waals surface area contributed by atoms with Crippen molar-refractivity contribution in [2.75, 3.05) is 26.0 Å². The van der Waals surface area contributed by atoms with Crippen LogP contribution in [0, 0.1) is 20.8 Å². The Balaban J connectivity index is 2.05. The number of hydrogen-bond donors (Lipinski definition) is 1. The molecule has 1 aromatic carbocycles. The van der Waals surface area contributed by atoms with Crippen LogP contribution in [0.15, 0.2) is 12.1 Å². The van der Waals surface area contributed by atoms with Crippen LogP contribution in [-0.4, -0.2) is 37.1 Å². The summed E-state index contributed by atoms with van der Waals surface area (Å²) in [5.74, 6) is 0.127. The van der Waals surface area contributed by atoms with Crippen molar-refractivity contribution >= 4 is 11.6 Å². The Hall–Kier alpha value is -1.35. The highest BCUT2D eigenvalue weighted by molar-refractivity contribution is 5.93. The summed E-state index contributed by atoms with van der Waals surface area (Å²) in [6.45, 7) is 6.77. The van der Waals surface area contributed by atoms with Crippen LogP contribution < -0.4 is 5.32 Å². The van der Waals surface area contributed by atoms with Crippen LogP contribution in [0.1, 0.15) is 42.4 Å². The second-order valence-corrected chi connectivity index (χ2v) is 7.20. The molecule has 0 radical (unpaired) electrons. The Morgan fingerprint density at radius 3 is 2.19 bits per heavy atom. The lowest BCUT2D eigenvalue weighted by Crippen LogP contribution is -2.51. The van der Waals surface area contributed by atoms with Crippen LogP contribution in [-0.2, 0) is 4.79 Å². The second-order valence-electron chi connectivity index (χ2n) is 7.20. The van der Waals surface area contributed by atoms with Gasteiger partial charge in [0.05, 0.1) is 20.1 Å². The van der Waals surface area contributed by atoms with E-state index in [0.717, 1.165) is 21.3 Å². The number of likely N-dealkylation sites (N-methyl/N-ethyl adjacent to an activating group) is 1. The number of benzene rings is 1. The zero-order valence-corrected chi connectivity index (χ0v) is 14.1. The molecule has 3 heteroatoms. The summed E-state index contributed by atoms with van der Waals surface area (Å²) in [4.78, 5) is 12.4. The number of rotatable bonds is 4. The Kier molecular flexibility index (Phi) is 4.72. The average molecular weight is 289 g/mol. The van der Waals surface area contributed by atoms with E-state index in [1.165, 1.54) is 31.2 Å². The maximum absolute atomic E-state index is 12.4. The summed E-state index contributed by atoms with van der Waals surface area (Å²) in [5, 5.41) is 3.13. The molecule has 0 heterocycles. The lowest BCUT2D eigenvalue weighted by atomic mass is 10.0. The van der Waals surface area contributed by atoms with Crippen LogP contribution >= 0.6 is 0 Å². The summed E-state index contributed by atoms with van der Waals surface area (Å²) in [7, 11) is 4.37. The molecule has 0 bridgehead atoms. The Bertz CT molecular complexity index is 505. The summed E-state index contributed by atoms with van der Waals surface area (Å²) in [6.07, 6.45) is 5.13. The van der Waals surface area contributed by atoms with Gasteiger partial charge in [-0.2, -0.15) is 0 Å². The van der Waals surface area contributed by atoms with Crippen molar-refractivity contribution in [1.82, 2.24) is 0 Å². The number of carbonyl (C=O) groups excluding carboxylic acids is 1. The third kappa shape index (κ3) is 3.85. The highest BCUT2D eigenvalue weighted by Crippen LogP contribution is 2.27. The van der Waals surface area contributed by atoms with E-state index in [4.69, 9.17) is 0 Å². The minimum Gasteiger partial charge on any atom is -0.321 e. The number of nitrogens with zero attached hydrogens (tertiary/aromatic N) is 1. The van der Waals surface area contributed by atoms with Crippen LogP contribution in [0.25, 0.3) is 0 Å². The number of quaternary nitrogens is 1. The first-order valence-electron chi connectivity index (χ1n) is 8.00. The van der Waals surface area contributed by atoms with E-state index in [0.29, 0.717) is 12.6 Å². The smallest absolute Gasteiger partial charge is 0.279 e. The van der Waals surface area contributed by atoms with Gasteiger partial charge in [0.2, 0.25) is 0 Å². The van der Waals surface area contributed by atoms with Gasteiger partial charge >= 0.3 is 0 Å². The molecule has 1 aliphatic carbocycles. The third-order valence-electron chi connectivity index (χ3n) is 4.81. The van der Waals surface area contributed by atoms with E-state index in [-0.39, 0.29) is 5.91 Å². The van der Waals surface area contributed by atoms with Gasteiger partial charge in [0, 0.05) is 5.69 Å². The molecule has 116 valence electrons. The first kappa shape index (κ1) is 16.0. The quantitative estimate of drug-likeness (QED) is 0.844. The molecule has 1 saturated carbocycles. The molecule has 1 amide bonds. The highest BCUT2D eigenvalue weighted by Gasteiger charge is 2.33. The van der Waals surface area contributed by atoms with Crippen molar-refractivity contribution < 1.29 is 9.28 Å². The van der Waals surface area contributed by atoms with Gasteiger partial charge in [0.15, 0.2) is 6.54 Å². The number of aryl methyl sites for hydroxylation is 3. The number of nitrogens with one attached hydrogen (secondary N) is 1. The van der Waals surface area contributed by atoms with Gasteiger partial charge in [-0.3, -0.25) is 4.79 Å². The van der Waals surface area contributed by atoms with Crippen molar-refractivity contribution in [2.24, 2.45) is 0 Å². The summed E-state index contributed by atoms with van der Waals surface area (Å²) in [6, 6.07) is 4.88. The molecular formula is C18H29N2O+. The van der Waals surface area contributed by atoms with Gasteiger partial charge in [-0.1, -0.05) is 17.7 Å². The standard InChI is InChI=1S/C18H28N2O/c1-13-10-14(2)18(15(3)11-13)19-17(21)12-20(4,5)16-8-6-7-9-16/h10-11,16H,6-9,12H2,1-5H3/p+1. The zero-order valence-electron chi connectivity index (χ0n) is 14.1. The van der Waals surface area contributed by atoms with E-state index in [1.54, 1.807) is 0 Å². The van der Waals surface area contributed by atoms with Gasteiger partial charge in [-0.05, 0) is 57.6 Å². The number of anilines is 1. The normalized spacial score (nSPS) is 16.2. The van der Waals surface area contributed by atoms with Crippen molar-refractivity contribution in [1.29, 1.82) is 0 Å². The Labute approximate surface area is 128 Å². The average Bonchev–Trinajstić information content (AvgIpc) is 2.87. The zero-order chi connectivity index (χ0) is 15.6. The molecule has 0 aliphatic heterocycles. The largest absolute Gasteiger partial charge is 0.321 e. The molecular weight excluding hydrogens is 260 g/mol. The summed E-state index contributed by atoms with van der Waals surface area (Å²) in [5.41, 5.74) is 4.51. The molecule has 21 heavy (non-hydrogen) atoms. The van der Waals surface area contributed by atoms with Crippen molar-refractivity contribution in [2.45, 2.75) is 52.5 Å². The molecule has 3 nitrogen and oxygen atoms in total. The third-order valence-corrected chi connectivity index (χ3v) is 4.81. The van der Waals surface area contributed by atoms with Crippen molar-refractivity contribution in [3.63, 3.8) is 0 Å². The van der Waals surface area contributed by atoms with E-state index >= 15 is 0 Å². The highest BCUT2D eigenvalue weighted by atomic mass is 16.2. The SMILES string of the molecule is Cc1cc(C)c(NC(=O)C[N+](C)(C)C2CCCC2)c(C)c1. The topological polar surface area (TPSA) is 29.1 Å². The fourth-order valence-electron chi connectivity index (χ4n) is 3.66. The maximum Gasteiger partial charge on any atom is 0.279 e. The van der Waals surface area contributed by atoms with E-state index in [2.05, 4.69) is 52.3 Å². The second kappa shape index (κ2) is 6.18. The van der Waals surface area contributed by atoms with Gasteiger partial charge < -0.3 is 9.80 Å². The van der Waals surface area contributed by atoms with Crippen molar-refractivity contribution in [3.8, 4) is 0 Å². The molecule has 1 N–H and O–H groups in total.